The first kappa shape index (κ1) is 18.2. The molecule has 0 aliphatic carbocycles. The summed E-state index contributed by atoms with van der Waals surface area (Å²) in [5.41, 5.74) is 0.446. The molecular formula is C16H22N3O4S+. The van der Waals surface area contributed by atoms with Crippen molar-refractivity contribution in [1.82, 2.24) is 4.31 Å². The second-order valence-electron chi connectivity index (χ2n) is 5.61. The Morgan fingerprint density at radius 2 is 2.04 bits per heavy atom. The summed E-state index contributed by atoms with van der Waals surface area (Å²) in [6, 6.07) is 9.87. The van der Waals surface area contributed by atoms with Gasteiger partial charge in [-0.2, -0.15) is 0 Å². The molecule has 130 valence electrons. The Bertz CT molecular complexity index is 785. The SMILES string of the molecule is C[C@@H]([NH2+]CC(=O)Nc1cccc(S(=O)(=O)N(C)C)c1)c1ccco1. The molecule has 1 heterocycles. The number of furan rings is 1. The van der Waals surface area contributed by atoms with Crippen LogP contribution in [-0.4, -0.2) is 39.3 Å². The van der Waals surface area contributed by atoms with Crippen LogP contribution in [0.5, 0.6) is 0 Å². The zero-order valence-electron chi connectivity index (χ0n) is 13.9. The van der Waals surface area contributed by atoms with Gasteiger partial charge < -0.3 is 15.1 Å². The fourth-order valence-electron chi connectivity index (χ4n) is 2.11. The number of nitrogens with one attached hydrogen (secondary N) is 1. The molecule has 0 bridgehead atoms. The van der Waals surface area contributed by atoms with Crippen molar-refractivity contribution in [3.05, 3.63) is 48.4 Å². The summed E-state index contributed by atoms with van der Waals surface area (Å²) in [7, 11) is -0.601. The summed E-state index contributed by atoms with van der Waals surface area (Å²) in [6.45, 7) is 2.14. The number of hydrogen-bond donors (Lipinski definition) is 2. The highest BCUT2D eigenvalue weighted by molar-refractivity contribution is 7.89. The van der Waals surface area contributed by atoms with Crippen LogP contribution in [0.15, 0.2) is 52.0 Å². The lowest BCUT2D eigenvalue weighted by molar-refractivity contribution is -0.684. The zero-order valence-corrected chi connectivity index (χ0v) is 14.7. The normalized spacial score (nSPS) is 13.0. The van der Waals surface area contributed by atoms with Gasteiger partial charge in [0, 0.05) is 19.8 Å². The predicted octanol–water partition coefficient (Wildman–Crippen LogP) is 0.793. The molecule has 0 aliphatic heterocycles. The lowest BCUT2D eigenvalue weighted by Crippen LogP contribution is -2.86. The van der Waals surface area contributed by atoms with E-state index in [2.05, 4.69) is 5.32 Å². The van der Waals surface area contributed by atoms with Crippen LogP contribution in [0.25, 0.3) is 0 Å². The van der Waals surface area contributed by atoms with Crippen LogP contribution < -0.4 is 10.6 Å². The third-order valence-electron chi connectivity index (χ3n) is 3.55. The first-order chi connectivity index (χ1) is 11.3. The lowest BCUT2D eigenvalue weighted by Gasteiger charge is -2.13. The molecule has 7 nitrogen and oxygen atoms in total. The van der Waals surface area contributed by atoms with E-state index in [-0.39, 0.29) is 23.4 Å². The molecule has 1 atom stereocenters. The summed E-state index contributed by atoms with van der Waals surface area (Å²) in [5.74, 6) is 0.578. The molecule has 0 unspecified atom stereocenters. The smallest absolute Gasteiger partial charge is 0.279 e. The first-order valence-corrected chi connectivity index (χ1v) is 8.94. The molecule has 1 aromatic heterocycles. The summed E-state index contributed by atoms with van der Waals surface area (Å²) in [6.07, 6.45) is 1.59. The molecule has 2 rings (SSSR count). The third-order valence-corrected chi connectivity index (χ3v) is 5.36. The van der Waals surface area contributed by atoms with Gasteiger partial charge in [0.15, 0.2) is 12.3 Å². The molecule has 1 amide bonds. The zero-order chi connectivity index (χ0) is 17.7. The van der Waals surface area contributed by atoms with E-state index in [4.69, 9.17) is 4.42 Å². The highest BCUT2D eigenvalue weighted by Gasteiger charge is 2.18. The van der Waals surface area contributed by atoms with Crippen molar-refractivity contribution >= 4 is 21.6 Å². The van der Waals surface area contributed by atoms with E-state index in [1.165, 1.54) is 26.2 Å². The molecule has 0 fully saturated rings. The number of nitrogens with zero attached hydrogens (tertiary/aromatic N) is 1. The van der Waals surface area contributed by atoms with Gasteiger partial charge in [-0.05, 0) is 37.3 Å². The number of quaternary nitrogens is 1. The predicted molar refractivity (Wildman–Crippen MR) is 89.9 cm³/mol. The van der Waals surface area contributed by atoms with Crippen LogP contribution in [0.2, 0.25) is 0 Å². The Morgan fingerprint density at radius 3 is 2.67 bits per heavy atom. The number of amides is 1. The number of hydrogen-bond acceptors (Lipinski definition) is 4. The Morgan fingerprint density at radius 1 is 1.29 bits per heavy atom. The van der Waals surface area contributed by atoms with E-state index in [1.54, 1.807) is 24.5 Å². The van der Waals surface area contributed by atoms with Gasteiger partial charge in [0.05, 0.1) is 11.2 Å². The van der Waals surface area contributed by atoms with E-state index in [0.29, 0.717) is 5.69 Å². The number of carbonyl (C=O) groups is 1. The molecule has 0 saturated heterocycles. The second kappa shape index (κ2) is 7.61. The van der Waals surface area contributed by atoms with Gasteiger partial charge in [-0.1, -0.05) is 6.07 Å². The van der Waals surface area contributed by atoms with Crippen molar-refractivity contribution in [2.75, 3.05) is 26.0 Å². The minimum absolute atomic E-state index is 0.0196. The summed E-state index contributed by atoms with van der Waals surface area (Å²) < 4.78 is 30.6. The third kappa shape index (κ3) is 4.44. The van der Waals surface area contributed by atoms with Crippen LogP contribution >= 0.6 is 0 Å². The van der Waals surface area contributed by atoms with Crippen molar-refractivity contribution in [2.45, 2.75) is 17.9 Å². The minimum atomic E-state index is -3.53. The van der Waals surface area contributed by atoms with Gasteiger partial charge in [0.25, 0.3) is 5.91 Å². The average molecular weight is 352 g/mol. The average Bonchev–Trinajstić information content (AvgIpc) is 3.07. The lowest BCUT2D eigenvalue weighted by atomic mass is 10.2. The summed E-state index contributed by atoms with van der Waals surface area (Å²) >= 11 is 0. The van der Waals surface area contributed by atoms with Crippen molar-refractivity contribution in [3.8, 4) is 0 Å². The number of sulfonamides is 1. The Kier molecular flexibility index (Phi) is 5.76. The fourth-order valence-corrected chi connectivity index (χ4v) is 3.06. The molecule has 24 heavy (non-hydrogen) atoms. The monoisotopic (exact) mass is 352 g/mol. The number of benzene rings is 1. The van der Waals surface area contributed by atoms with Gasteiger partial charge in [0.2, 0.25) is 10.0 Å². The van der Waals surface area contributed by atoms with E-state index in [0.717, 1.165) is 10.1 Å². The second-order valence-corrected chi connectivity index (χ2v) is 7.76. The molecule has 3 N–H and O–H groups in total. The largest absolute Gasteiger partial charge is 0.463 e. The van der Waals surface area contributed by atoms with Gasteiger partial charge >= 0.3 is 0 Å². The van der Waals surface area contributed by atoms with Crippen LogP contribution in [0.4, 0.5) is 5.69 Å². The molecule has 0 aliphatic rings. The Balaban J connectivity index is 1.97. The molecule has 0 radical (unpaired) electrons. The number of nitrogens with two attached hydrogens (primary N) is 1. The summed E-state index contributed by atoms with van der Waals surface area (Å²) in [5, 5.41) is 4.55. The van der Waals surface area contributed by atoms with E-state index >= 15 is 0 Å². The quantitative estimate of drug-likeness (QED) is 0.770. The van der Waals surface area contributed by atoms with Gasteiger partial charge in [-0.15, -0.1) is 0 Å². The standard InChI is InChI=1S/C16H21N3O4S/c1-12(15-8-5-9-23-15)17-11-16(20)18-13-6-4-7-14(10-13)24(21,22)19(2)3/h4-10,12,17H,11H2,1-3H3,(H,18,20)/p+1/t12-/m1/s1. The maximum Gasteiger partial charge on any atom is 0.279 e. The van der Waals surface area contributed by atoms with E-state index in [9.17, 15) is 13.2 Å². The van der Waals surface area contributed by atoms with Crippen molar-refractivity contribution in [1.29, 1.82) is 0 Å². The van der Waals surface area contributed by atoms with E-state index < -0.39 is 10.0 Å². The molecular weight excluding hydrogens is 330 g/mol. The first-order valence-electron chi connectivity index (χ1n) is 7.50. The fraction of sp³-hybridized carbons (Fsp3) is 0.312. The number of rotatable bonds is 7. The topological polar surface area (TPSA) is 96.2 Å². The van der Waals surface area contributed by atoms with Crippen molar-refractivity contribution in [3.63, 3.8) is 0 Å². The summed E-state index contributed by atoms with van der Waals surface area (Å²) in [4.78, 5) is 12.2. The minimum Gasteiger partial charge on any atom is -0.463 e. The van der Waals surface area contributed by atoms with Crippen LogP contribution in [-0.2, 0) is 14.8 Å². The van der Waals surface area contributed by atoms with Crippen LogP contribution in [0.1, 0.15) is 18.7 Å². The number of anilines is 1. The molecule has 8 heteroatoms. The molecule has 0 saturated carbocycles. The molecule has 2 aromatic rings. The Labute approximate surface area is 141 Å². The highest BCUT2D eigenvalue weighted by Crippen LogP contribution is 2.17. The molecule has 1 aromatic carbocycles. The number of carbonyl (C=O) groups excluding carboxylic acids is 1. The van der Waals surface area contributed by atoms with Gasteiger partial charge in [-0.3, -0.25) is 4.79 Å². The maximum absolute atomic E-state index is 12.1. The van der Waals surface area contributed by atoms with Gasteiger partial charge in [0.1, 0.15) is 6.04 Å². The van der Waals surface area contributed by atoms with Crippen LogP contribution in [0.3, 0.4) is 0 Å². The van der Waals surface area contributed by atoms with Gasteiger partial charge in [-0.25, -0.2) is 12.7 Å². The van der Waals surface area contributed by atoms with Crippen molar-refractivity contribution in [2.24, 2.45) is 0 Å². The molecule has 0 spiro atoms. The van der Waals surface area contributed by atoms with Crippen molar-refractivity contribution < 1.29 is 22.9 Å². The highest BCUT2D eigenvalue weighted by atomic mass is 32.2. The van der Waals surface area contributed by atoms with Crippen LogP contribution in [0, 0.1) is 0 Å². The maximum atomic E-state index is 12.1. The Hall–Kier alpha value is -2.16. The van der Waals surface area contributed by atoms with E-state index in [1.807, 2.05) is 18.3 Å².